The monoisotopic (exact) mass is 217 g/mol. The molecule has 0 spiro atoms. The van der Waals surface area contributed by atoms with E-state index in [9.17, 15) is 0 Å². The van der Waals surface area contributed by atoms with Gasteiger partial charge in [0, 0.05) is 19.0 Å². The predicted octanol–water partition coefficient (Wildman–Crippen LogP) is 2.39. The van der Waals surface area contributed by atoms with Crippen LogP contribution in [0.3, 0.4) is 0 Å². The molecular weight excluding hydrogens is 202 g/mol. The highest BCUT2D eigenvalue weighted by atomic mass is 16.3. The molecule has 2 aromatic heterocycles. The molecule has 0 bridgehead atoms. The molecule has 0 aliphatic heterocycles. The van der Waals surface area contributed by atoms with Gasteiger partial charge in [-0.3, -0.25) is 4.68 Å². The van der Waals surface area contributed by atoms with Gasteiger partial charge in [0.15, 0.2) is 5.76 Å². The lowest BCUT2D eigenvalue weighted by molar-refractivity contribution is 0.516. The second-order valence-electron chi connectivity index (χ2n) is 4.60. The van der Waals surface area contributed by atoms with Crippen molar-refractivity contribution in [2.75, 3.05) is 5.73 Å². The van der Waals surface area contributed by atoms with Gasteiger partial charge in [-0.25, -0.2) is 0 Å². The number of nitrogens with two attached hydrogens (primary N) is 1. The molecule has 84 valence electrons. The molecule has 0 amide bonds. The van der Waals surface area contributed by atoms with Crippen LogP contribution in [0.2, 0.25) is 0 Å². The summed E-state index contributed by atoms with van der Waals surface area (Å²) in [6.45, 7) is 2.24. The standard InChI is InChI=1S/C12H15N3O/c1-7-5-8(7)10-3-4-11(16-10)9-6-12(13)15(2)14-9/h3-4,6-8H,5,13H2,1-2H3. The molecule has 4 heteroatoms. The van der Waals surface area contributed by atoms with Crippen molar-refractivity contribution in [2.24, 2.45) is 13.0 Å². The highest BCUT2D eigenvalue weighted by Crippen LogP contribution is 2.47. The molecule has 0 aromatic carbocycles. The molecule has 4 nitrogen and oxygen atoms in total. The Labute approximate surface area is 94.0 Å². The number of aryl methyl sites for hydroxylation is 1. The second-order valence-corrected chi connectivity index (χ2v) is 4.60. The number of nitrogens with zero attached hydrogens (tertiary/aromatic N) is 2. The van der Waals surface area contributed by atoms with E-state index < -0.39 is 0 Å². The van der Waals surface area contributed by atoms with Crippen molar-refractivity contribution in [1.82, 2.24) is 9.78 Å². The molecule has 1 aliphatic rings. The second kappa shape index (κ2) is 3.14. The number of rotatable bonds is 2. The summed E-state index contributed by atoms with van der Waals surface area (Å²) in [7, 11) is 1.83. The van der Waals surface area contributed by atoms with E-state index in [1.54, 1.807) is 4.68 Å². The Morgan fingerprint density at radius 2 is 2.25 bits per heavy atom. The molecule has 0 saturated heterocycles. The number of anilines is 1. The number of furan rings is 1. The molecule has 1 fully saturated rings. The number of nitrogen functional groups attached to an aromatic ring is 1. The summed E-state index contributed by atoms with van der Waals surface area (Å²) in [4.78, 5) is 0. The quantitative estimate of drug-likeness (QED) is 0.840. The average molecular weight is 217 g/mol. The van der Waals surface area contributed by atoms with Crippen LogP contribution in [0.4, 0.5) is 5.82 Å². The number of hydrogen-bond donors (Lipinski definition) is 1. The highest BCUT2D eigenvalue weighted by molar-refractivity contribution is 5.57. The van der Waals surface area contributed by atoms with E-state index in [-0.39, 0.29) is 0 Å². The molecule has 2 N–H and O–H groups in total. The van der Waals surface area contributed by atoms with Gasteiger partial charge in [-0.15, -0.1) is 0 Å². The maximum absolute atomic E-state index is 5.80. The largest absolute Gasteiger partial charge is 0.459 e. The Morgan fingerprint density at radius 1 is 1.50 bits per heavy atom. The molecule has 1 aliphatic carbocycles. The topological polar surface area (TPSA) is 57.0 Å². The van der Waals surface area contributed by atoms with Gasteiger partial charge in [0.25, 0.3) is 0 Å². The lowest BCUT2D eigenvalue weighted by Crippen LogP contribution is -1.96. The summed E-state index contributed by atoms with van der Waals surface area (Å²) in [5.41, 5.74) is 6.54. The normalized spacial score (nSPS) is 23.6. The summed E-state index contributed by atoms with van der Waals surface area (Å²) >= 11 is 0. The summed E-state index contributed by atoms with van der Waals surface area (Å²) in [5.74, 6) is 3.89. The molecule has 2 unspecified atom stereocenters. The van der Waals surface area contributed by atoms with Gasteiger partial charge in [-0.1, -0.05) is 6.92 Å². The van der Waals surface area contributed by atoms with Crippen LogP contribution in [0.1, 0.15) is 25.0 Å². The van der Waals surface area contributed by atoms with Crippen molar-refractivity contribution in [3.05, 3.63) is 24.0 Å². The molecule has 2 heterocycles. The Bertz CT molecular complexity index is 507. The summed E-state index contributed by atoms with van der Waals surface area (Å²) < 4.78 is 7.45. The van der Waals surface area contributed by atoms with Gasteiger partial charge in [0.1, 0.15) is 17.3 Å². The van der Waals surface area contributed by atoms with Crippen LogP contribution in [-0.2, 0) is 7.05 Å². The summed E-state index contributed by atoms with van der Waals surface area (Å²) in [6.07, 6.45) is 1.23. The van der Waals surface area contributed by atoms with Crippen molar-refractivity contribution < 1.29 is 4.42 Å². The van der Waals surface area contributed by atoms with Gasteiger partial charge < -0.3 is 10.2 Å². The molecule has 16 heavy (non-hydrogen) atoms. The Balaban J connectivity index is 1.92. The van der Waals surface area contributed by atoms with Crippen molar-refractivity contribution in [1.29, 1.82) is 0 Å². The molecular formula is C12H15N3O. The fourth-order valence-electron chi connectivity index (χ4n) is 2.01. The predicted molar refractivity (Wildman–Crippen MR) is 61.8 cm³/mol. The lowest BCUT2D eigenvalue weighted by Gasteiger charge is -1.92. The van der Waals surface area contributed by atoms with E-state index in [0.29, 0.717) is 11.7 Å². The fraction of sp³-hybridized carbons (Fsp3) is 0.417. The third-order valence-electron chi connectivity index (χ3n) is 3.27. The zero-order valence-corrected chi connectivity index (χ0v) is 9.47. The number of aromatic nitrogens is 2. The van der Waals surface area contributed by atoms with Gasteiger partial charge in [-0.2, -0.15) is 5.10 Å². The van der Waals surface area contributed by atoms with Crippen molar-refractivity contribution in [2.45, 2.75) is 19.3 Å². The van der Waals surface area contributed by atoms with E-state index in [1.807, 2.05) is 25.2 Å². The first-order valence-corrected chi connectivity index (χ1v) is 5.55. The van der Waals surface area contributed by atoms with Crippen molar-refractivity contribution in [3.63, 3.8) is 0 Å². The maximum Gasteiger partial charge on any atom is 0.154 e. The van der Waals surface area contributed by atoms with Crippen LogP contribution in [-0.4, -0.2) is 9.78 Å². The van der Waals surface area contributed by atoms with Crippen LogP contribution in [0, 0.1) is 5.92 Å². The minimum Gasteiger partial charge on any atom is -0.459 e. The van der Waals surface area contributed by atoms with E-state index in [2.05, 4.69) is 12.0 Å². The molecule has 1 saturated carbocycles. The van der Waals surface area contributed by atoms with E-state index in [4.69, 9.17) is 10.2 Å². The average Bonchev–Trinajstić information content (AvgIpc) is 2.69. The molecule has 2 atom stereocenters. The third kappa shape index (κ3) is 1.41. The fourth-order valence-corrected chi connectivity index (χ4v) is 2.01. The first-order valence-electron chi connectivity index (χ1n) is 5.55. The minimum absolute atomic E-state index is 0.606. The third-order valence-corrected chi connectivity index (χ3v) is 3.27. The van der Waals surface area contributed by atoms with E-state index in [1.165, 1.54) is 6.42 Å². The molecule has 3 rings (SSSR count). The van der Waals surface area contributed by atoms with Gasteiger partial charge in [0.2, 0.25) is 0 Å². The SMILES string of the molecule is CC1CC1c1ccc(-c2cc(N)n(C)n2)o1. The minimum atomic E-state index is 0.606. The van der Waals surface area contributed by atoms with E-state index in [0.717, 1.165) is 23.1 Å². The van der Waals surface area contributed by atoms with Gasteiger partial charge >= 0.3 is 0 Å². The maximum atomic E-state index is 5.80. The Morgan fingerprint density at radius 3 is 2.81 bits per heavy atom. The molecule has 2 aromatic rings. The zero-order valence-electron chi connectivity index (χ0n) is 9.47. The highest BCUT2D eigenvalue weighted by Gasteiger charge is 2.36. The van der Waals surface area contributed by atoms with Crippen molar-refractivity contribution >= 4 is 5.82 Å². The van der Waals surface area contributed by atoms with Crippen LogP contribution >= 0.6 is 0 Å². The van der Waals surface area contributed by atoms with Gasteiger partial charge in [0.05, 0.1) is 0 Å². The smallest absolute Gasteiger partial charge is 0.154 e. The van der Waals surface area contributed by atoms with Crippen LogP contribution in [0.15, 0.2) is 22.6 Å². The Kier molecular flexibility index (Phi) is 1.87. The number of hydrogen-bond acceptors (Lipinski definition) is 3. The Hall–Kier alpha value is -1.71. The van der Waals surface area contributed by atoms with E-state index >= 15 is 0 Å². The van der Waals surface area contributed by atoms with Gasteiger partial charge in [-0.05, 0) is 24.5 Å². The van der Waals surface area contributed by atoms with Crippen LogP contribution < -0.4 is 5.73 Å². The summed E-state index contributed by atoms with van der Waals surface area (Å²) in [5, 5.41) is 4.29. The van der Waals surface area contributed by atoms with Crippen LogP contribution in [0.5, 0.6) is 0 Å². The lowest BCUT2D eigenvalue weighted by atomic mass is 10.2. The van der Waals surface area contributed by atoms with Crippen molar-refractivity contribution in [3.8, 4) is 11.5 Å². The first kappa shape index (κ1) is 9.51. The van der Waals surface area contributed by atoms with Crippen LogP contribution in [0.25, 0.3) is 11.5 Å². The summed E-state index contributed by atoms with van der Waals surface area (Å²) in [6, 6.07) is 5.86. The zero-order chi connectivity index (χ0) is 11.3. The molecule has 0 radical (unpaired) electrons. The first-order chi connectivity index (χ1) is 7.65.